The quantitative estimate of drug-likeness (QED) is 0.438. The lowest BCUT2D eigenvalue weighted by molar-refractivity contribution is -0.802. The summed E-state index contributed by atoms with van der Waals surface area (Å²) >= 11 is 0. The molecule has 0 aliphatic carbocycles. The first-order valence-corrected chi connectivity index (χ1v) is 3.06. The molecule has 0 aromatic rings. The van der Waals surface area contributed by atoms with E-state index in [0.717, 1.165) is 0 Å². The van der Waals surface area contributed by atoms with Crippen molar-refractivity contribution in [3.63, 3.8) is 0 Å². The molecule has 54 valence electrons. The van der Waals surface area contributed by atoms with E-state index in [1.807, 2.05) is 6.08 Å². The normalized spacial score (nSPS) is 30.5. The molecule has 0 spiro atoms. The maximum Gasteiger partial charge on any atom is 0.262 e. The van der Waals surface area contributed by atoms with Gasteiger partial charge in [-0.15, -0.1) is 0 Å². The van der Waals surface area contributed by atoms with Crippen LogP contribution in [0.4, 0.5) is 4.79 Å². The fourth-order valence-electron chi connectivity index (χ4n) is 0.794. The van der Waals surface area contributed by atoms with Crippen LogP contribution >= 0.6 is 0 Å². The number of quaternary nitrogens is 1. The molecule has 0 aromatic heterocycles. The molecule has 0 N–H and O–H groups in total. The van der Waals surface area contributed by atoms with Crippen LogP contribution in [0, 0.1) is 0 Å². The minimum Gasteiger partial charge on any atom is -0.498 e. The van der Waals surface area contributed by atoms with Gasteiger partial charge in [0.15, 0.2) is 0 Å². The highest BCUT2D eigenvalue weighted by molar-refractivity contribution is 5.55. The number of rotatable bonds is 0. The first-order valence-electron chi connectivity index (χ1n) is 3.06. The van der Waals surface area contributed by atoms with E-state index < -0.39 is 6.09 Å². The zero-order chi connectivity index (χ0) is 7.61. The first kappa shape index (κ1) is 7.02. The topological polar surface area (TPSA) is 40.1 Å². The zero-order valence-corrected chi connectivity index (χ0v) is 5.78. The highest BCUT2D eigenvalue weighted by Crippen LogP contribution is 2.07. The molecule has 1 aliphatic rings. The molecule has 1 unspecified atom stereocenters. The first-order chi connectivity index (χ1) is 4.65. The largest absolute Gasteiger partial charge is 0.498 e. The van der Waals surface area contributed by atoms with Crippen LogP contribution < -0.4 is 5.11 Å². The lowest BCUT2D eigenvalue weighted by Gasteiger charge is -2.29. The van der Waals surface area contributed by atoms with Crippen molar-refractivity contribution in [3.05, 3.63) is 24.4 Å². The minimum atomic E-state index is -1.07. The van der Waals surface area contributed by atoms with Crippen LogP contribution in [0.5, 0.6) is 0 Å². The summed E-state index contributed by atoms with van der Waals surface area (Å²) in [6.07, 6.45) is 5.86. The van der Waals surface area contributed by atoms with Gasteiger partial charge < -0.3 is 9.90 Å². The third kappa shape index (κ3) is 1.09. The van der Waals surface area contributed by atoms with Crippen molar-refractivity contribution in [1.29, 1.82) is 0 Å². The smallest absolute Gasteiger partial charge is 0.262 e. The molecule has 10 heavy (non-hydrogen) atoms. The molecule has 1 atom stereocenters. The van der Waals surface area contributed by atoms with Crippen molar-refractivity contribution < 1.29 is 14.4 Å². The van der Waals surface area contributed by atoms with Gasteiger partial charge in [-0.3, -0.25) is 0 Å². The Hall–Kier alpha value is -1.09. The standard InChI is InChI=1S/C7H9NO2/c1-8(7(9)10)5-3-2-4-6-8/h2-5H,6H2,1H3. The third-order valence-electron chi connectivity index (χ3n) is 1.56. The second kappa shape index (κ2) is 2.27. The maximum atomic E-state index is 10.5. The fraction of sp³-hybridized carbons (Fsp3) is 0.286. The second-order valence-electron chi connectivity index (χ2n) is 2.49. The van der Waals surface area contributed by atoms with E-state index in [0.29, 0.717) is 6.54 Å². The van der Waals surface area contributed by atoms with Crippen molar-refractivity contribution in [2.45, 2.75) is 0 Å². The summed E-state index contributed by atoms with van der Waals surface area (Å²) in [4.78, 5) is 10.5. The Labute approximate surface area is 59.5 Å². The zero-order valence-electron chi connectivity index (χ0n) is 5.78. The lowest BCUT2D eigenvalue weighted by atomic mass is 10.3. The highest BCUT2D eigenvalue weighted by atomic mass is 16.4. The molecule has 1 heterocycles. The molecule has 1 aliphatic heterocycles. The summed E-state index contributed by atoms with van der Waals surface area (Å²) in [5.74, 6) is 0. The van der Waals surface area contributed by atoms with E-state index in [1.165, 1.54) is 0 Å². The van der Waals surface area contributed by atoms with Crippen LogP contribution in [0.1, 0.15) is 0 Å². The molecular weight excluding hydrogens is 130 g/mol. The van der Waals surface area contributed by atoms with Crippen molar-refractivity contribution in [2.24, 2.45) is 0 Å². The van der Waals surface area contributed by atoms with Gasteiger partial charge in [0.05, 0.1) is 7.05 Å². The van der Waals surface area contributed by atoms with Gasteiger partial charge in [0.25, 0.3) is 6.09 Å². The monoisotopic (exact) mass is 139 g/mol. The molecule has 0 radical (unpaired) electrons. The summed E-state index contributed by atoms with van der Waals surface area (Å²) in [5, 5.41) is 10.5. The predicted molar refractivity (Wildman–Crippen MR) is 34.7 cm³/mol. The molecule has 0 saturated heterocycles. The van der Waals surface area contributed by atoms with E-state index in [4.69, 9.17) is 0 Å². The summed E-state index contributed by atoms with van der Waals surface area (Å²) < 4.78 is -0.156. The van der Waals surface area contributed by atoms with Gasteiger partial charge in [-0.05, 0) is 12.2 Å². The average molecular weight is 139 g/mol. The van der Waals surface area contributed by atoms with Crippen molar-refractivity contribution in [1.82, 2.24) is 0 Å². The number of carboxylic acid groups (broad SMARTS) is 1. The Balaban J connectivity index is 2.80. The fourth-order valence-corrected chi connectivity index (χ4v) is 0.794. The van der Waals surface area contributed by atoms with Crippen LogP contribution in [-0.4, -0.2) is 24.2 Å². The summed E-state index contributed by atoms with van der Waals surface area (Å²) in [6.45, 7) is 0.471. The predicted octanol–water partition coefficient (Wildman–Crippen LogP) is -0.140. The number of carbonyl (C=O) groups excluding carboxylic acids is 1. The van der Waals surface area contributed by atoms with Gasteiger partial charge in [-0.1, -0.05) is 6.08 Å². The van der Waals surface area contributed by atoms with Crippen LogP contribution in [0.25, 0.3) is 0 Å². The van der Waals surface area contributed by atoms with Crippen LogP contribution in [0.2, 0.25) is 0 Å². The average Bonchev–Trinajstić information content (AvgIpc) is 1.89. The molecule has 1 rings (SSSR count). The molecular formula is C7H9NO2. The van der Waals surface area contributed by atoms with Crippen molar-refractivity contribution >= 4 is 6.09 Å². The van der Waals surface area contributed by atoms with E-state index in [1.54, 1.807) is 25.4 Å². The van der Waals surface area contributed by atoms with Crippen molar-refractivity contribution in [3.8, 4) is 0 Å². The van der Waals surface area contributed by atoms with Crippen LogP contribution in [0.3, 0.4) is 0 Å². The number of likely N-dealkylation sites (N-methyl/N-ethyl adjacent to an activating group) is 1. The molecule has 1 amide bonds. The van der Waals surface area contributed by atoms with Gasteiger partial charge in [-0.25, -0.2) is 4.48 Å². The van der Waals surface area contributed by atoms with Crippen LogP contribution in [0.15, 0.2) is 24.4 Å². The second-order valence-corrected chi connectivity index (χ2v) is 2.49. The van der Waals surface area contributed by atoms with E-state index in [2.05, 4.69) is 0 Å². The van der Waals surface area contributed by atoms with Gasteiger partial charge in [0.1, 0.15) is 12.7 Å². The van der Waals surface area contributed by atoms with E-state index in [9.17, 15) is 9.90 Å². The Morgan fingerprint density at radius 3 is 2.60 bits per heavy atom. The van der Waals surface area contributed by atoms with Gasteiger partial charge in [0.2, 0.25) is 0 Å². The number of nitrogens with zero attached hydrogens (tertiary/aromatic N) is 1. The summed E-state index contributed by atoms with van der Waals surface area (Å²) in [5.41, 5.74) is 0. The molecule has 0 saturated carbocycles. The SMILES string of the molecule is C[N+]1(C(=O)[O-])C=CC=CC1. The van der Waals surface area contributed by atoms with E-state index >= 15 is 0 Å². The van der Waals surface area contributed by atoms with Gasteiger partial charge >= 0.3 is 0 Å². The number of hydrogen-bond donors (Lipinski definition) is 0. The Morgan fingerprint density at radius 1 is 1.60 bits per heavy atom. The Morgan fingerprint density at radius 2 is 2.30 bits per heavy atom. The molecule has 0 fully saturated rings. The lowest BCUT2D eigenvalue weighted by Crippen LogP contribution is -2.52. The van der Waals surface area contributed by atoms with Crippen LogP contribution in [-0.2, 0) is 0 Å². The molecule has 3 heteroatoms. The molecule has 3 nitrogen and oxygen atoms in total. The number of carbonyl (C=O) groups is 1. The van der Waals surface area contributed by atoms with Gasteiger partial charge in [-0.2, -0.15) is 0 Å². The number of amides is 1. The Kier molecular flexibility index (Phi) is 1.59. The molecule has 0 aromatic carbocycles. The van der Waals surface area contributed by atoms with E-state index in [-0.39, 0.29) is 4.48 Å². The number of allylic oxidation sites excluding steroid dienone is 2. The Bertz CT molecular complexity index is 208. The minimum absolute atomic E-state index is 0.156. The maximum absolute atomic E-state index is 10.5. The molecule has 0 bridgehead atoms. The number of hydrogen-bond acceptors (Lipinski definition) is 2. The highest BCUT2D eigenvalue weighted by Gasteiger charge is 2.20. The van der Waals surface area contributed by atoms with Gasteiger partial charge in [0, 0.05) is 0 Å². The third-order valence-corrected chi connectivity index (χ3v) is 1.56. The summed E-state index contributed by atoms with van der Waals surface area (Å²) in [7, 11) is 1.59. The summed E-state index contributed by atoms with van der Waals surface area (Å²) in [6, 6.07) is 0. The van der Waals surface area contributed by atoms with Crippen molar-refractivity contribution in [2.75, 3.05) is 13.6 Å².